The van der Waals surface area contributed by atoms with Crippen molar-refractivity contribution >= 4 is 24.5 Å². The quantitative estimate of drug-likeness (QED) is 0.170. The molecule has 1 atom stereocenters. The lowest BCUT2D eigenvalue weighted by Gasteiger charge is -2.24. The summed E-state index contributed by atoms with van der Waals surface area (Å²) in [6.45, 7) is 6.67. The van der Waals surface area contributed by atoms with Gasteiger partial charge in [0.25, 0.3) is 0 Å². The lowest BCUT2D eigenvalue weighted by atomic mass is 9.92. The molecule has 190 valence electrons. The summed E-state index contributed by atoms with van der Waals surface area (Å²) < 4.78 is 24.9. The zero-order valence-electron chi connectivity index (χ0n) is 20.8. The van der Waals surface area contributed by atoms with Crippen LogP contribution < -0.4 is 15.4 Å². The van der Waals surface area contributed by atoms with E-state index in [0.29, 0.717) is 29.6 Å². The molecule has 2 aliphatic carbocycles. The third-order valence-corrected chi connectivity index (χ3v) is 5.68. The van der Waals surface area contributed by atoms with Gasteiger partial charge in [0.1, 0.15) is 29.8 Å². The number of halogens is 1. The maximum absolute atomic E-state index is 13.3. The van der Waals surface area contributed by atoms with Gasteiger partial charge in [-0.25, -0.2) is 9.38 Å². The Morgan fingerprint density at radius 1 is 1.33 bits per heavy atom. The fourth-order valence-corrected chi connectivity index (χ4v) is 3.46. The van der Waals surface area contributed by atoms with E-state index in [0.717, 1.165) is 47.8 Å². The Kier molecular flexibility index (Phi) is 9.21. The summed E-state index contributed by atoms with van der Waals surface area (Å²) in [5.74, 6) is 1.93. The molecule has 1 unspecified atom stereocenters. The van der Waals surface area contributed by atoms with Crippen LogP contribution in [-0.2, 0) is 4.74 Å². The Bertz CT molecular complexity index is 1190. The number of hydrogen-bond donors (Lipinski definition) is 4. The molecule has 3 rings (SSSR count). The molecule has 1 saturated carbocycles. The zero-order chi connectivity index (χ0) is 26.1. The average molecular weight is 494 g/mol. The minimum Gasteiger partial charge on any atom is -0.496 e. The van der Waals surface area contributed by atoms with E-state index in [-0.39, 0.29) is 11.6 Å². The minimum atomic E-state index is -1.48. The van der Waals surface area contributed by atoms with Gasteiger partial charge >= 0.3 is 0 Å². The van der Waals surface area contributed by atoms with Crippen LogP contribution in [0, 0.1) is 5.41 Å². The SMILES string of the molecule is C=N/C=N\C(Oc1cccc(NC(N/C(O)=C/C(=N)C(C)F)=C2CCC2)c1)=C1\C=C(OC)C(C)=CC1. The largest absolute Gasteiger partial charge is 0.496 e. The van der Waals surface area contributed by atoms with Crippen molar-refractivity contribution in [2.75, 3.05) is 12.4 Å². The Hall–Kier alpha value is -4.14. The molecule has 2 aliphatic rings. The third-order valence-electron chi connectivity index (χ3n) is 5.68. The minimum absolute atomic E-state index is 0.307. The van der Waals surface area contributed by atoms with Crippen molar-refractivity contribution < 1.29 is 19.0 Å². The first-order valence-corrected chi connectivity index (χ1v) is 11.6. The van der Waals surface area contributed by atoms with Gasteiger partial charge in [0.05, 0.1) is 12.8 Å². The van der Waals surface area contributed by atoms with Gasteiger partial charge in [-0.2, -0.15) is 0 Å². The van der Waals surface area contributed by atoms with Crippen LogP contribution in [-0.4, -0.2) is 37.2 Å². The van der Waals surface area contributed by atoms with Crippen LogP contribution in [0.2, 0.25) is 0 Å². The van der Waals surface area contributed by atoms with Gasteiger partial charge in [0.2, 0.25) is 5.88 Å². The molecule has 0 amide bonds. The van der Waals surface area contributed by atoms with Gasteiger partial charge in [-0.1, -0.05) is 12.1 Å². The van der Waals surface area contributed by atoms with E-state index in [1.54, 1.807) is 19.2 Å². The van der Waals surface area contributed by atoms with Crippen molar-refractivity contribution in [2.24, 2.45) is 9.98 Å². The van der Waals surface area contributed by atoms with E-state index in [9.17, 15) is 9.50 Å². The summed E-state index contributed by atoms with van der Waals surface area (Å²) >= 11 is 0. The van der Waals surface area contributed by atoms with Crippen LogP contribution in [0.25, 0.3) is 0 Å². The predicted octanol–water partition coefficient (Wildman–Crippen LogP) is 6.06. The number of aliphatic imine (C=N–C) groups is 2. The van der Waals surface area contributed by atoms with Crippen molar-refractivity contribution in [1.82, 2.24) is 5.32 Å². The van der Waals surface area contributed by atoms with Crippen molar-refractivity contribution in [2.45, 2.75) is 45.7 Å². The summed E-state index contributed by atoms with van der Waals surface area (Å²) in [5.41, 5.74) is 3.34. The number of alkyl halides is 1. The fraction of sp³-hybridized carbons (Fsp3) is 0.296. The standard InChI is InChI=1S/C27H32FN5O3/c1-17-11-12-20(13-24(17)35-4)27(31-16-30-3)36-22-10-6-9-21(14-22)32-26(19-7-5-8-19)33-25(34)15-23(29)18(2)28/h6,9-11,13-16,18,29,32-34H,3,5,7-8,12H2,1-2,4H3/b25-15-,27-20-,29-23?,31-16-. The predicted molar refractivity (Wildman–Crippen MR) is 142 cm³/mol. The van der Waals surface area contributed by atoms with Crippen molar-refractivity contribution in [3.05, 3.63) is 82.6 Å². The van der Waals surface area contributed by atoms with Crippen LogP contribution in [0.5, 0.6) is 5.75 Å². The van der Waals surface area contributed by atoms with E-state index >= 15 is 0 Å². The molecule has 4 N–H and O–H groups in total. The number of hydrogen-bond acceptors (Lipinski definition) is 7. The molecule has 8 nitrogen and oxygen atoms in total. The number of benzene rings is 1. The maximum Gasteiger partial charge on any atom is 0.224 e. The van der Waals surface area contributed by atoms with Gasteiger partial charge in [-0.15, -0.1) is 0 Å². The third kappa shape index (κ3) is 7.18. The summed E-state index contributed by atoms with van der Waals surface area (Å²) in [5, 5.41) is 24.0. The fourth-order valence-electron chi connectivity index (χ4n) is 3.46. The van der Waals surface area contributed by atoms with E-state index < -0.39 is 6.17 Å². The molecular weight excluding hydrogens is 461 g/mol. The van der Waals surface area contributed by atoms with Gasteiger partial charge in [0, 0.05) is 23.4 Å². The highest BCUT2D eigenvalue weighted by molar-refractivity contribution is 5.95. The summed E-state index contributed by atoms with van der Waals surface area (Å²) in [6.07, 6.45) is 8.26. The summed E-state index contributed by atoms with van der Waals surface area (Å²) in [4.78, 5) is 8.02. The number of methoxy groups -OCH3 is 1. The highest BCUT2D eigenvalue weighted by Crippen LogP contribution is 2.31. The molecule has 0 bridgehead atoms. The van der Waals surface area contributed by atoms with Crippen molar-refractivity contribution in [3.63, 3.8) is 0 Å². The summed E-state index contributed by atoms with van der Waals surface area (Å²) in [6, 6.07) is 7.29. The van der Waals surface area contributed by atoms with Gasteiger partial charge in [-0.3, -0.25) is 4.99 Å². The molecule has 0 aromatic heterocycles. The monoisotopic (exact) mass is 493 g/mol. The first-order chi connectivity index (χ1) is 17.3. The Morgan fingerprint density at radius 2 is 2.11 bits per heavy atom. The number of rotatable bonds is 11. The zero-order valence-corrected chi connectivity index (χ0v) is 20.8. The molecule has 0 spiro atoms. The molecule has 1 aromatic carbocycles. The second kappa shape index (κ2) is 12.5. The van der Waals surface area contributed by atoms with E-state index in [1.807, 2.05) is 31.2 Å². The molecule has 9 heteroatoms. The van der Waals surface area contributed by atoms with Crippen LogP contribution in [0.1, 0.15) is 39.5 Å². The smallest absolute Gasteiger partial charge is 0.224 e. The topological polar surface area (TPSA) is 111 Å². The number of nitrogens with one attached hydrogen (secondary N) is 3. The summed E-state index contributed by atoms with van der Waals surface area (Å²) in [7, 11) is 1.62. The van der Waals surface area contributed by atoms with Crippen LogP contribution in [0.15, 0.2) is 92.5 Å². The number of aliphatic hydroxyl groups is 1. The van der Waals surface area contributed by atoms with Gasteiger partial charge in [0.15, 0.2) is 5.88 Å². The number of aliphatic hydroxyl groups excluding tert-OH is 1. The number of ether oxygens (including phenoxy) is 2. The molecule has 0 saturated heterocycles. The average Bonchev–Trinajstić information content (AvgIpc) is 2.81. The highest BCUT2D eigenvalue weighted by Gasteiger charge is 2.17. The van der Waals surface area contributed by atoms with Gasteiger partial charge < -0.3 is 30.6 Å². The van der Waals surface area contributed by atoms with Crippen LogP contribution in [0.3, 0.4) is 0 Å². The molecular formula is C27H32FN5O3. The molecule has 0 heterocycles. The lowest BCUT2D eigenvalue weighted by molar-refractivity contribution is 0.298. The number of allylic oxidation sites excluding steroid dienone is 6. The second-order valence-corrected chi connectivity index (χ2v) is 8.37. The van der Waals surface area contributed by atoms with Crippen LogP contribution in [0.4, 0.5) is 10.1 Å². The molecule has 0 aliphatic heterocycles. The lowest BCUT2D eigenvalue weighted by Crippen LogP contribution is -2.24. The first-order valence-electron chi connectivity index (χ1n) is 11.6. The second-order valence-electron chi connectivity index (χ2n) is 8.37. The van der Waals surface area contributed by atoms with Crippen molar-refractivity contribution in [1.29, 1.82) is 5.41 Å². The molecule has 0 radical (unpaired) electrons. The molecule has 36 heavy (non-hydrogen) atoms. The number of nitrogens with zero attached hydrogens (tertiary/aromatic N) is 2. The van der Waals surface area contributed by atoms with E-state index in [4.69, 9.17) is 14.9 Å². The highest BCUT2D eigenvalue weighted by atomic mass is 19.1. The molecule has 1 aromatic rings. The van der Waals surface area contributed by atoms with Gasteiger partial charge in [-0.05, 0) is 75.6 Å². The normalized spacial score (nSPS) is 17.9. The Labute approximate surface area is 210 Å². The van der Waals surface area contributed by atoms with Crippen molar-refractivity contribution in [3.8, 4) is 5.75 Å². The maximum atomic E-state index is 13.3. The Morgan fingerprint density at radius 3 is 2.75 bits per heavy atom. The van der Waals surface area contributed by atoms with Crippen LogP contribution >= 0.6 is 0 Å². The Balaban J connectivity index is 1.84. The van der Waals surface area contributed by atoms with E-state index in [1.165, 1.54) is 13.3 Å². The number of anilines is 1. The molecule has 1 fully saturated rings. The van der Waals surface area contributed by atoms with E-state index in [2.05, 4.69) is 27.3 Å². The first kappa shape index (κ1) is 26.5.